The number of hydrogen-bond donors (Lipinski definition) is 0. The molecule has 0 radical (unpaired) electrons. The Morgan fingerprint density at radius 3 is 2.94 bits per heavy atom. The lowest BCUT2D eigenvalue weighted by Crippen LogP contribution is -2.01. The summed E-state index contributed by atoms with van der Waals surface area (Å²) in [7, 11) is 0. The number of carbonyl (C=O) groups is 1. The number of ketones is 1. The van der Waals surface area contributed by atoms with E-state index in [1.807, 2.05) is 6.92 Å². The first-order valence-corrected chi connectivity index (χ1v) is 6.31. The fourth-order valence-corrected chi connectivity index (χ4v) is 2.08. The molecule has 2 rings (SSSR count). The zero-order valence-corrected chi connectivity index (χ0v) is 11.5. The first-order chi connectivity index (χ1) is 8.11. The number of carbonyl (C=O) groups excluding carboxylic acids is 1. The van der Waals surface area contributed by atoms with Crippen LogP contribution in [0.4, 0.5) is 0 Å². The number of hydrogen-bond acceptors (Lipinski definition) is 2. The Morgan fingerprint density at radius 2 is 2.29 bits per heavy atom. The van der Waals surface area contributed by atoms with Crippen LogP contribution in [0.25, 0.3) is 0 Å². The third-order valence-corrected chi connectivity index (χ3v) is 3.32. The van der Waals surface area contributed by atoms with Crippen molar-refractivity contribution in [2.75, 3.05) is 0 Å². The van der Waals surface area contributed by atoms with E-state index in [2.05, 4.69) is 21.0 Å². The van der Waals surface area contributed by atoms with Gasteiger partial charge in [0.25, 0.3) is 0 Å². The highest BCUT2D eigenvalue weighted by molar-refractivity contribution is 9.10. The van der Waals surface area contributed by atoms with Crippen LogP contribution in [-0.2, 0) is 6.54 Å². The maximum absolute atomic E-state index is 12.2. The van der Waals surface area contributed by atoms with E-state index in [-0.39, 0.29) is 5.78 Å². The summed E-state index contributed by atoms with van der Waals surface area (Å²) in [4.78, 5) is 12.2. The smallest absolute Gasteiger partial charge is 0.197 e. The van der Waals surface area contributed by atoms with Gasteiger partial charge in [-0.05, 0) is 25.1 Å². The molecule has 0 atom stereocenters. The fraction of sp³-hybridized carbons (Fsp3) is 0.167. The summed E-state index contributed by atoms with van der Waals surface area (Å²) < 4.78 is 2.45. The summed E-state index contributed by atoms with van der Waals surface area (Å²) in [6.07, 6.45) is 3.30. The van der Waals surface area contributed by atoms with Gasteiger partial charge in [-0.1, -0.05) is 27.5 Å². The van der Waals surface area contributed by atoms with Crippen molar-refractivity contribution < 1.29 is 4.79 Å². The van der Waals surface area contributed by atoms with E-state index in [1.54, 1.807) is 35.3 Å². The van der Waals surface area contributed by atoms with Gasteiger partial charge in [0.05, 0.1) is 11.8 Å². The van der Waals surface area contributed by atoms with Gasteiger partial charge in [0.2, 0.25) is 0 Å². The Labute approximate surface area is 113 Å². The normalized spacial score (nSPS) is 10.5. The van der Waals surface area contributed by atoms with Crippen LogP contribution in [0.1, 0.15) is 22.8 Å². The molecule has 0 spiro atoms. The SMILES string of the molecule is CCn1cc(C(=O)c2cc(Cl)ccc2Br)cn1. The van der Waals surface area contributed by atoms with E-state index in [1.165, 1.54) is 0 Å². The minimum Gasteiger partial charge on any atom is -0.288 e. The lowest BCUT2D eigenvalue weighted by Gasteiger charge is -2.02. The molecular formula is C12H10BrClN2O. The van der Waals surface area contributed by atoms with Crippen molar-refractivity contribution in [3.63, 3.8) is 0 Å². The second kappa shape index (κ2) is 5.02. The van der Waals surface area contributed by atoms with Crippen molar-refractivity contribution in [1.82, 2.24) is 9.78 Å². The molecule has 0 aliphatic rings. The first kappa shape index (κ1) is 12.3. The minimum atomic E-state index is -0.0842. The number of aromatic nitrogens is 2. The molecule has 0 bridgehead atoms. The maximum atomic E-state index is 12.2. The van der Waals surface area contributed by atoms with Gasteiger partial charge in [0.15, 0.2) is 5.78 Å². The topological polar surface area (TPSA) is 34.9 Å². The van der Waals surface area contributed by atoms with Crippen LogP contribution >= 0.6 is 27.5 Å². The number of rotatable bonds is 3. The van der Waals surface area contributed by atoms with E-state index < -0.39 is 0 Å². The third kappa shape index (κ3) is 2.58. The highest BCUT2D eigenvalue weighted by Crippen LogP contribution is 2.23. The number of aryl methyl sites for hydroxylation is 1. The van der Waals surface area contributed by atoms with Crippen molar-refractivity contribution in [2.24, 2.45) is 0 Å². The molecule has 0 saturated carbocycles. The van der Waals surface area contributed by atoms with Crippen molar-refractivity contribution in [2.45, 2.75) is 13.5 Å². The molecule has 0 aliphatic heterocycles. The molecule has 1 aromatic carbocycles. The molecule has 5 heteroatoms. The van der Waals surface area contributed by atoms with Crippen molar-refractivity contribution in [3.05, 3.63) is 51.2 Å². The molecule has 17 heavy (non-hydrogen) atoms. The Hall–Kier alpha value is -1.13. The Balaban J connectivity index is 2.39. The van der Waals surface area contributed by atoms with Gasteiger partial charge in [-0.3, -0.25) is 9.48 Å². The van der Waals surface area contributed by atoms with E-state index in [0.29, 0.717) is 16.1 Å². The van der Waals surface area contributed by atoms with E-state index in [0.717, 1.165) is 11.0 Å². The van der Waals surface area contributed by atoms with Gasteiger partial charge in [-0.15, -0.1) is 0 Å². The summed E-state index contributed by atoms with van der Waals surface area (Å²) in [5.74, 6) is -0.0842. The van der Waals surface area contributed by atoms with Crippen LogP contribution in [0.5, 0.6) is 0 Å². The molecular weight excluding hydrogens is 304 g/mol. The summed E-state index contributed by atoms with van der Waals surface area (Å²) >= 11 is 9.23. The predicted molar refractivity (Wildman–Crippen MR) is 70.5 cm³/mol. The summed E-state index contributed by atoms with van der Waals surface area (Å²) in [6, 6.07) is 5.15. The quantitative estimate of drug-likeness (QED) is 0.812. The highest BCUT2D eigenvalue weighted by atomic mass is 79.9. The Kier molecular flexibility index (Phi) is 3.64. The van der Waals surface area contributed by atoms with Crippen molar-refractivity contribution >= 4 is 33.3 Å². The maximum Gasteiger partial charge on any atom is 0.197 e. The minimum absolute atomic E-state index is 0.0842. The second-order valence-corrected chi connectivity index (χ2v) is 4.83. The number of nitrogens with zero attached hydrogens (tertiary/aromatic N) is 2. The number of benzene rings is 1. The zero-order valence-electron chi connectivity index (χ0n) is 9.15. The van der Waals surface area contributed by atoms with Crippen LogP contribution in [0.3, 0.4) is 0 Å². The third-order valence-electron chi connectivity index (χ3n) is 2.39. The standard InChI is InChI=1S/C12H10BrClN2O/c1-2-16-7-8(6-15-16)12(17)10-5-9(14)3-4-11(10)13/h3-7H,2H2,1H3. The first-order valence-electron chi connectivity index (χ1n) is 5.14. The van der Waals surface area contributed by atoms with Crippen molar-refractivity contribution in [1.29, 1.82) is 0 Å². The fourth-order valence-electron chi connectivity index (χ4n) is 1.48. The van der Waals surface area contributed by atoms with Gasteiger partial charge in [-0.25, -0.2) is 0 Å². The lowest BCUT2D eigenvalue weighted by molar-refractivity contribution is 0.103. The zero-order chi connectivity index (χ0) is 12.4. The van der Waals surface area contributed by atoms with Crippen LogP contribution in [0.15, 0.2) is 35.1 Å². The molecule has 0 unspecified atom stereocenters. The monoisotopic (exact) mass is 312 g/mol. The van der Waals surface area contributed by atoms with Crippen LogP contribution in [0, 0.1) is 0 Å². The van der Waals surface area contributed by atoms with E-state index in [9.17, 15) is 4.79 Å². The molecule has 1 heterocycles. The number of halogens is 2. The second-order valence-electron chi connectivity index (χ2n) is 3.54. The van der Waals surface area contributed by atoms with Gasteiger partial charge in [0, 0.05) is 27.8 Å². The summed E-state index contributed by atoms with van der Waals surface area (Å²) in [6.45, 7) is 2.71. The van der Waals surface area contributed by atoms with Gasteiger partial charge in [-0.2, -0.15) is 5.10 Å². The molecule has 0 saturated heterocycles. The lowest BCUT2D eigenvalue weighted by atomic mass is 10.1. The van der Waals surface area contributed by atoms with Crippen LogP contribution in [0.2, 0.25) is 5.02 Å². The molecule has 0 amide bonds. The van der Waals surface area contributed by atoms with Crippen LogP contribution < -0.4 is 0 Å². The molecule has 0 aliphatic carbocycles. The predicted octanol–water partition coefficient (Wildman–Crippen LogP) is 3.55. The Bertz CT molecular complexity index is 565. The van der Waals surface area contributed by atoms with Gasteiger partial charge in [0.1, 0.15) is 0 Å². The van der Waals surface area contributed by atoms with Crippen molar-refractivity contribution in [3.8, 4) is 0 Å². The molecule has 0 N–H and O–H groups in total. The average molecular weight is 314 g/mol. The largest absolute Gasteiger partial charge is 0.288 e. The molecule has 88 valence electrons. The Morgan fingerprint density at radius 1 is 1.53 bits per heavy atom. The molecule has 1 aromatic heterocycles. The summed E-state index contributed by atoms with van der Waals surface area (Å²) in [5, 5.41) is 4.62. The average Bonchev–Trinajstić information content (AvgIpc) is 2.80. The molecule has 0 fully saturated rings. The molecule has 2 aromatic rings. The van der Waals surface area contributed by atoms with E-state index >= 15 is 0 Å². The molecule has 3 nitrogen and oxygen atoms in total. The van der Waals surface area contributed by atoms with Crippen LogP contribution in [-0.4, -0.2) is 15.6 Å². The highest BCUT2D eigenvalue weighted by Gasteiger charge is 2.14. The van der Waals surface area contributed by atoms with E-state index in [4.69, 9.17) is 11.6 Å². The summed E-state index contributed by atoms with van der Waals surface area (Å²) in [5.41, 5.74) is 1.11. The van der Waals surface area contributed by atoms with Gasteiger partial charge < -0.3 is 0 Å². The van der Waals surface area contributed by atoms with Gasteiger partial charge >= 0.3 is 0 Å².